The largest absolute Gasteiger partial charge is 0.496 e. The Morgan fingerprint density at radius 2 is 1.90 bits per heavy atom. The third-order valence-electron chi connectivity index (χ3n) is 4.49. The van der Waals surface area contributed by atoms with Crippen molar-refractivity contribution >= 4 is 23.7 Å². The molecule has 7 nitrogen and oxygen atoms in total. The van der Waals surface area contributed by atoms with Crippen molar-refractivity contribution in [2.45, 2.75) is 20.3 Å². The highest BCUT2D eigenvalue weighted by atomic mass is 19.1. The van der Waals surface area contributed by atoms with Crippen LogP contribution >= 0.6 is 0 Å². The highest BCUT2D eigenvalue weighted by Crippen LogP contribution is 2.24. The van der Waals surface area contributed by atoms with Crippen molar-refractivity contribution in [2.75, 3.05) is 31.6 Å². The Kier molecular flexibility index (Phi) is 8.80. The lowest BCUT2D eigenvalue weighted by molar-refractivity contribution is -0.120. The van der Waals surface area contributed by atoms with Gasteiger partial charge in [-0.25, -0.2) is 9.82 Å². The third-order valence-corrected chi connectivity index (χ3v) is 4.49. The maximum atomic E-state index is 13.6. The van der Waals surface area contributed by atoms with E-state index in [1.807, 2.05) is 18.2 Å². The number of hydrogen-bond acceptors (Lipinski definition) is 5. The standard InChI is InChI=1S/C22H27FN4O3/c1-4-27(5-2)17-11-10-16(20(14-17)30-3)15-25-26-21(28)12-13-24-22(29)18-8-6-7-9-19(18)23/h6-11,14-15H,4-5,12-13H2,1-3H3,(H,24,29)(H,26,28). The Labute approximate surface area is 175 Å². The van der Waals surface area contributed by atoms with E-state index in [9.17, 15) is 14.0 Å². The normalized spacial score (nSPS) is 10.7. The van der Waals surface area contributed by atoms with Crippen LogP contribution in [0, 0.1) is 5.82 Å². The van der Waals surface area contributed by atoms with Crippen LogP contribution in [0.15, 0.2) is 47.6 Å². The molecule has 0 aliphatic rings. The van der Waals surface area contributed by atoms with Crippen LogP contribution in [0.25, 0.3) is 0 Å². The minimum Gasteiger partial charge on any atom is -0.496 e. The predicted octanol–water partition coefficient (Wildman–Crippen LogP) is 2.95. The molecule has 0 atom stereocenters. The van der Waals surface area contributed by atoms with Crippen molar-refractivity contribution in [1.82, 2.24) is 10.7 Å². The minimum absolute atomic E-state index is 0.00949. The van der Waals surface area contributed by atoms with Crippen LogP contribution in [-0.4, -0.2) is 44.8 Å². The number of hydrogen-bond donors (Lipinski definition) is 2. The summed E-state index contributed by atoms with van der Waals surface area (Å²) in [6, 6.07) is 11.4. The number of carbonyl (C=O) groups excluding carboxylic acids is 2. The second-order valence-corrected chi connectivity index (χ2v) is 6.38. The van der Waals surface area contributed by atoms with Gasteiger partial charge in [-0.15, -0.1) is 0 Å². The number of anilines is 1. The number of ether oxygens (including phenoxy) is 1. The van der Waals surface area contributed by atoms with Crippen LogP contribution in [0.5, 0.6) is 5.75 Å². The minimum atomic E-state index is -0.606. The van der Waals surface area contributed by atoms with Gasteiger partial charge in [-0.1, -0.05) is 12.1 Å². The van der Waals surface area contributed by atoms with Crippen LogP contribution in [0.3, 0.4) is 0 Å². The summed E-state index contributed by atoms with van der Waals surface area (Å²) in [4.78, 5) is 26.0. The Morgan fingerprint density at radius 1 is 1.17 bits per heavy atom. The quantitative estimate of drug-likeness (QED) is 0.463. The number of carbonyl (C=O) groups is 2. The summed E-state index contributed by atoms with van der Waals surface area (Å²) in [6.45, 7) is 6.00. The fourth-order valence-electron chi connectivity index (χ4n) is 2.85. The first-order valence-electron chi connectivity index (χ1n) is 9.77. The summed E-state index contributed by atoms with van der Waals surface area (Å²) in [5.74, 6) is -0.902. The molecule has 2 N–H and O–H groups in total. The summed E-state index contributed by atoms with van der Waals surface area (Å²) in [7, 11) is 1.58. The molecule has 160 valence electrons. The maximum absolute atomic E-state index is 13.6. The van der Waals surface area contributed by atoms with Gasteiger partial charge in [-0.05, 0) is 38.1 Å². The van der Waals surface area contributed by atoms with Gasteiger partial charge in [0, 0.05) is 43.4 Å². The second kappa shape index (κ2) is 11.5. The van der Waals surface area contributed by atoms with Crippen LogP contribution in [-0.2, 0) is 4.79 Å². The number of nitrogens with zero attached hydrogens (tertiary/aromatic N) is 2. The molecule has 0 aromatic heterocycles. The van der Waals surface area contributed by atoms with Gasteiger partial charge in [-0.3, -0.25) is 9.59 Å². The number of halogens is 1. The number of nitrogens with one attached hydrogen (secondary N) is 2. The van der Waals surface area contributed by atoms with E-state index in [0.717, 1.165) is 24.3 Å². The van der Waals surface area contributed by atoms with Crippen LogP contribution in [0.1, 0.15) is 36.2 Å². The van der Waals surface area contributed by atoms with Crippen molar-refractivity contribution in [2.24, 2.45) is 5.10 Å². The zero-order valence-corrected chi connectivity index (χ0v) is 17.4. The van der Waals surface area contributed by atoms with Gasteiger partial charge in [0.1, 0.15) is 11.6 Å². The van der Waals surface area contributed by atoms with E-state index in [1.54, 1.807) is 13.2 Å². The van der Waals surface area contributed by atoms with Crippen molar-refractivity contribution in [3.8, 4) is 5.75 Å². The van der Waals surface area contributed by atoms with Crippen molar-refractivity contribution in [3.05, 3.63) is 59.4 Å². The number of benzene rings is 2. The van der Waals surface area contributed by atoms with Crippen LogP contribution in [0.2, 0.25) is 0 Å². The van der Waals surface area contributed by atoms with Gasteiger partial charge in [0.05, 0.1) is 18.9 Å². The first kappa shape index (κ1) is 22.9. The molecular formula is C22H27FN4O3. The SMILES string of the molecule is CCN(CC)c1ccc(C=NNC(=O)CCNC(=O)c2ccccc2F)c(OC)c1. The van der Waals surface area contributed by atoms with Gasteiger partial charge in [0.25, 0.3) is 5.91 Å². The fourth-order valence-corrected chi connectivity index (χ4v) is 2.85. The molecule has 2 aromatic carbocycles. The van der Waals surface area contributed by atoms with Gasteiger partial charge in [-0.2, -0.15) is 5.10 Å². The topological polar surface area (TPSA) is 83.0 Å². The van der Waals surface area contributed by atoms with Gasteiger partial charge in [0.2, 0.25) is 5.91 Å². The summed E-state index contributed by atoms with van der Waals surface area (Å²) < 4.78 is 19.0. The van der Waals surface area contributed by atoms with E-state index in [-0.39, 0.29) is 24.4 Å². The summed E-state index contributed by atoms with van der Waals surface area (Å²) in [5, 5.41) is 6.45. The van der Waals surface area contributed by atoms with E-state index in [0.29, 0.717) is 5.75 Å². The second-order valence-electron chi connectivity index (χ2n) is 6.38. The summed E-state index contributed by atoms with van der Waals surface area (Å²) in [5.41, 5.74) is 4.12. The summed E-state index contributed by atoms with van der Waals surface area (Å²) in [6.07, 6.45) is 1.51. The predicted molar refractivity (Wildman–Crippen MR) is 116 cm³/mol. The van der Waals surface area contributed by atoms with Crippen molar-refractivity contribution in [1.29, 1.82) is 0 Å². The molecule has 2 rings (SSSR count). The Hall–Kier alpha value is -3.42. The molecule has 0 saturated carbocycles. The van der Waals surface area contributed by atoms with E-state index in [1.165, 1.54) is 24.4 Å². The van der Waals surface area contributed by atoms with E-state index < -0.39 is 11.7 Å². The third kappa shape index (κ3) is 6.30. The average molecular weight is 414 g/mol. The van der Waals surface area contributed by atoms with Crippen molar-refractivity contribution in [3.63, 3.8) is 0 Å². The van der Waals surface area contributed by atoms with Crippen molar-refractivity contribution < 1.29 is 18.7 Å². The Morgan fingerprint density at radius 3 is 2.57 bits per heavy atom. The molecule has 2 aromatic rings. The van der Waals surface area contributed by atoms with E-state index >= 15 is 0 Å². The molecule has 0 fully saturated rings. The zero-order valence-electron chi connectivity index (χ0n) is 17.4. The maximum Gasteiger partial charge on any atom is 0.254 e. The lowest BCUT2D eigenvalue weighted by Crippen LogP contribution is -2.29. The van der Waals surface area contributed by atoms with Crippen LogP contribution in [0.4, 0.5) is 10.1 Å². The monoisotopic (exact) mass is 414 g/mol. The first-order chi connectivity index (χ1) is 14.5. The average Bonchev–Trinajstić information content (AvgIpc) is 2.75. The highest BCUT2D eigenvalue weighted by Gasteiger charge is 2.11. The molecule has 30 heavy (non-hydrogen) atoms. The van der Waals surface area contributed by atoms with E-state index in [2.05, 4.69) is 34.6 Å². The molecule has 2 amide bonds. The molecule has 0 bridgehead atoms. The first-order valence-corrected chi connectivity index (χ1v) is 9.77. The smallest absolute Gasteiger partial charge is 0.254 e. The molecule has 0 aliphatic heterocycles. The molecule has 0 aliphatic carbocycles. The number of hydrazone groups is 1. The molecule has 0 saturated heterocycles. The Balaban J connectivity index is 1.85. The summed E-state index contributed by atoms with van der Waals surface area (Å²) >= 11 is 0. The Bertz CT molecular complexity index is 898. The lowest BCUT2D eigenvalue weighted by Gasteiger charge is -2.21. The molecule has 8 heteroatoms. The highest BCUT2D eigenvalue weighted by molar-refractivity contribution is 5.94. The van der Waals surface area contributed by atoms with E-state index in [4.69, 9.17) is 4.74 Å². The molecular weight excluding hydrogens is 387 g/mol. The lowest BCUT2D eigenvalue weighted by atomic mass is 10.2. The van der Waals surface area contributed by atoms with Gasteiger partial charge < -0.3 is 15.0 Å². The van der Waals surface area contributed by atoms with Gasteiger partial charge >= 0.3 is 0 Å². The number of amides is 2. The molecule has 0 heterocycles. The fraction of sp³-hybridized carbons (Fsp3) is 0.318. The van der Waals surface area contributed by atoms with Crippen LogP contribution < -0.4 is 20.4 Å². The number of methoxy groups -OCH3 is 1. The number of rotatable bonds is 10. The zero-order chi connectivity index (χ0) is 21.9. The van der Waals surface area contributed by atoms with Gasteiger partial charge in [0.15, 0.2) is 0 Å². The molecule has 0 spiro atoms. The molecule has 0 radical (unpaired) electrons. The molecule has 0 unspecified atom stereocenters.